The summed E-state index contributed by atoms with van der Waals surface area (Å²) in [5.74, 6) is 1.72. The van der Waals surface area contributed by atoms with E-state index in [2.05, 4.69) is 21.4 Å². The molecule has 1 saturated heterocycles. The zero-order valence-corrected chi connectivity index (χ0v) is 18.2. The minimum absolute atomic E-state index is 0.0632. The third kappa shape index (κ3) is 5.22. The van der Waals surface area contributed by atoms with Gasteiger partial charge in [0.15, 0.2) is 5.82 Å². The molecule has 1 aliphatic heterocycles. The van der Waals surface area contributed by atoms with Crippen molar-refractivity contribution in [3.63, 3.8) is 0 Å². The second kappa shape index (κ2) is 9.35. The van der Waals surface area contributed by atoms with Crippen LogP contribution < -0.4 is 10.1 Å². The standard InChI is InChI=1S/C25H26N4O3/c1-25(2,30)19-4-6-20(7-5-19)28-23-9-12-27-24(29-23)17-3-8-22(18(15-17)16-26)32-21-10-13-31-14-11-21/h3-9,12,15,21,30H,10-11,13-14H2,1-2H3,(H,27,28,29). The Bertz CT molecular complexity index is 1110. The molecule has 0 unspecified atom stereocenters. The van der Waals surface area contributed by atoms with Crippen LogP contribution in [0.4, 0.5) is 11.5 Å². The molecule has 32 heavy (non-hydrogen) atoms. The first-order valence-electron chi connectivity index (χ1n) is 10.6. The number of hydrogen-bond acceptors (Lipinski definition) is 7. The number of benzene rings is 2. The molecule has 1 aliphatic rings. The van der Waals surface area contributed by atoms with Crippen LogP contribution in [0.3, 0.4) is 0 Å². The summed E-state index contributed by atoms with van der Waals surface area (Å²) >= 11 is 0. The van der Waals surface area contributed by atoms with Crippen molar-refractivity contribution in [2.24, 2.45) is 0 Å². The first-order chi connectivity index (χ1) is 15.4. The van der Waals surface area contributed by atoms with E-state index in [1.54, 1.807) is 32.2 Å². The van der Waals surface area contributed by atoms with Gasteiger partial charge in [-0.3, -0.25) is 0 Å². The number of aromatic nitrogens is 2. The van der Waals surface area contributed by atoms with Crippen molar-refractivity contribution < 1.29 is 14.6 Å². The number of rotatable bonds is 6. The van der Waals surface area contributed by atoms with Crippen molar-refractivity contribution in [1.29, 1.82) is 5.26 Å². The van der Waals surface area contributed by atoms with E-state index in [9.17, 15) is 10.4 Å². The molecule has 1 fully saturated rings. The quantitative estimate of drug-likeness (QED) is 0.592. The van der Waals surface area contributed by atoms with Crippen molar-refractivity contribution in [2.45, 2.75) is 38.4 Å². The molecule has 7 nitrogen and oxygen atoms in total. The van der Waals surface area contributed by atoms with E-state index in [1.165, 1.54) is 0 Å². The van der Waals surface area contributed by atoms with Gasteiger partial charge in [-0.05, 0) is 55.8 Å². The summed E-state index contributed by atoms with van der Waals surface area (Å²) in [6.07, 6.45) is 3.38. The van der Waals surface area contributed by atoms with Crippen LogP contribution in [0, 0.1) is 11.3 Å². The van der Waals surface area contributed by atoms with Crippen LogP contribution in [0.1, 0.15) is 37.8 Å². The maximum atomic E-state index is 10.1. The lowest BCUT2D eigenvalue weighted by atomic mass is 9.98. The number of anilines is 2. The van der Waals surface area contributed by atoms with Crippen LogP contribution >= 0.6 is 0 Å². The summed E-state index contributed by atoms with van der Waals surface area (Å²) in [5, 5.41) is 23.0. The Kier molecular flexibility index (Phi) is 6.35. The Balaban J connectivity index is 1.52. The van der Waals surface area contributed by atoms with E-state index in [0.717, 1.165) is 29.7 Å². The fraction of sp³-hybridized carbons (Fsp3) is 0.320. The Hall–Kier alpha value is -3.47. The lowest BCUT2D eigenvalue weighted by molar-refractivity contribution is 0.0254. The van der Waals surface area contributed by atoms with Gasteiger partial charge in [-0.25, -0.2) is 9.97 Å². The first kappa shape index (κ1) is 21.8. The molecule has 0 atom stereocenters. The first-order valence-corrected chi connectivity index (χ1v) is 10.6. The number of nitrogens with zero attached hydrogens (tertiary/aromatic N) is 3. The highest BCUT2D eigenvalue weighted by Crippen LogP contribution is 2.28. The molecular formula is C25H26N4O3. The second-order valence-electron chi connectivity index (χ2n) is 8.28. The Morgan fingerprint density at radius 1 is 1.12 bits per heavy atom. The third-order valence-corrected chi connectivity index (χ3v) is 5.34. The molecule has 1 aromatic heterocycles. The molecule has 2 aromatic carbocycles. The lowest BCUT2D eigenvalue weighted by Crippen LogP contribution is -2.26. The van der Waals surface area contributed by atoms with Gasteiger partial charge in [0.2, 0.25) is 0 Å². The van der Waals surface area contributed by atoms with Crippen molar-refractivity contribution in [1.82, 2.24) is 9.97 Å². The second-order valence-corrected chi connectivity index (χ2v) is 8.28. The molecular weight excluding hydrogens is 404 g/mol. The molecule has 3 aromatic rings. The van der Waals surface area contributed by atoms with Gasteiger partial charge in [-0.15, -0.1) is 0 Å². The SMILES string of the molecule is CC(C)(O)c1ccc(Nc2ccnc(-c3ccc(OC4CCOCC4)c(C#N)c3)n2)cc1. The number of ether oxygens (including phenoxy) is 2. The maximum absolute atomic E-state index is 10.1. The number of nitriles is 1. The summed E-state index contributed by atoms with van der Waals surface area (Å²) in [6.45, 7) is 4.86. The molecule has 164 valence electrons. The highest BCUT2D eigenvalue weighted by Gasteiger charge is 2.18. The highest BCUT2D eigenvalue weighted by molar-refractivity contribution is 5.64. The van der Waals surface area contributed by atoms with Crippen LogP contribution in [0.15, 0.2) is 54.7 Å². The molecule has 0 radical (unpaired) electrons. The van der Waals surface area contributed by atoms with Gasteiger partial charge in [-0.1, -0.05) is 12.1 Å². The van der Waals surface area contributed by atoms with Gasteiger partial charge in [0.05, 0.1) is 24.4 Å². The summed E-state index contributed by atoms with van der Waals surface area (Å²) in [7, 11) is 0. The third-order valence-electron chi connectivity index (χ3n) is 5.34. The maximum Gasteiger partial charge on any atom is 0.161 e. The molecule has 7 heteroatoms. The van der Waals surface area contributed by atoms with Crippen molar-refractivity contribution in [3.8, 4) is 23.2 Å². The zero-order valence-electron chi connectivity index (χ0n) is 18.2. The molecule has 2 N–H and O–H groups in total. The zero-order chi connectivity index (χ0) is 22.6. The average Bonchev–Trinajstić information content (AvgIpc) is 2.80. The van der Waals surface area contributed by atoms with E-state index in [-0.39, 0.29) is 6.10 Å². The van der Waals surface area contributed by atoms with E-state index in [1.807, 2.05) is 36.4 Å². The van der Waals surface area contributed by atoms with Crippen LogP contribution in [-0.4, -0.2) is 34.4 Å². The van der Waals surface area contributed by atoms with Crippen LogP contribution in [-0.2, 0) is 10.3 Å². The molecule has 0 amide bonds. The molecule has 0 aliphatic carbocycles. The number of nitrogens with one attached hydrogen (secondary N) is 1. The Morgan fingerprint density at radius 3 is 2.56 bits per heavy atom. The summed E-state index contributed by atoms with van der Waals surface area (Å²) in [5.41, 5.74) is 1.99. The van der Waals surface area contributed by atoms with E-state index >= 15 is 0 Å². The smallest absolute Gasteiger partial charge is 0.161 e. The van der Waals surface area contributed by atoms with Gasteiger partial charge in [0, 0.05) is 30.3 Å². The van der Waals surface area contributed by atoms with Gasteiger partial charge in [-0.2, -0.15) is 5.26 Å². The summed E-state index contributed by atoms with van der Waals surface area (Å²) in [4.78, 5) is 8.96. The predicted molar refractivity (Wildman–Crippen MR) is 122 cm³/mol. The highest BCUT2D eigenvalue weighted by atomic mass is 16.5. The van der Waals surface area contributed by atoms with E-state index < -0.39 is 5.60 Å². The monoisotopic (exact) mass is 430 g/mol. The van der Waals surface area contributed by atoms with E-state index in [0.29, 0.717) is 36.2 Å². The number of aliphatic hydroxyl groups is 1. The van der Waals surface area contributed by atoms with Crippen LogP contribution in [0.25, 0.3) is 11.4 Å². The van der Waals surface area contributed by atoms with Gasteiger partial charge in [0.1, 0.15) is 23.7 Å². The fourth-order valence-electron chi connectivity index (χ4n) is 3.51. The van der Waals surface area contributed by atoms with Crippen molar-refractivity contribution in [2.75, 3.05) is 18.5 Å². The Morgan fingerprint density at radius 2 is 1.88 bits per heavy atom. The molecule has 0 bridgehead atoms. The van der Waals surface area contributed by atoms with Gasteiger partial charge >= 0.3 is 0 Å². The van der Waals surface area contributed by atoms with Crippen LogP contribution in [0.2, 0.25) is 0 Å². The van der Waals surface area contributed by atoms with Crippen molar-refractivity contribution in [3.05, 3.63) is 65.9 Å². The van der Waals surface area contributed by atoms with E-state index in [4.69, 9.17) is 9.47 Å². The summed E-state index contributed by atoms with van der Waals surface area (Å²) in [6, 6.07) is 17.0. The summed E-state index contributed by atoms with van der Waals surface area (Å²) < 4.78 is 11.4. The lowest BCUT2D eigenvalue weighted by Gasteiger charge is -2.23. The number of hydrogen-bond donors (Lipinski definition) is 2. The fourth-order valence-corrected chi connectivity index (χ4v) is 3.51. The molecule has 4 rings (SSSR count). The molecule has 0 spiro atoms. The van der Waals surface area contributed by atoms with Gasteiger partial charge < -0.3 is 19.9 Å². The predicted octanol–water partition coefficient (Wildman–Crippen LogP) is 4.54. The molecule has 2 heterocycles. The topological polar surface area (TPSA) is 100 Å². The minimum Gasteiger partial charge on any atom is -0.489 e. The van der Waals surface area contributed by atoms with Crippen molar-refractivity contribution >= 4 is 11.5 Å². The minimum atomic E-state index is -0.889. The van der Waals surface area contributed by atoms with Gasteiger partial charge in [0.25, 0.3) is 0 Å². The average molecular weight is 431 g/mol. The largest absolute Gasteiger partial charge is 0.489 e. The normalized spacial score (nSPS) is 14.6. The Labute approximate surface area is 187 Å². The molecule has 0 saturated carbocycles. The van der Waals surface area contributed by atoms with Crippen LogP contribution in [0.5, 0.6) is 5.75 Å².